The van der Waals surface area contributed by atoms with E-state index in [2.05, 4.69) is 0 Å². The molecule has 0 saturated carbocycles. The summed E-state index contributed by atoms with van der Waals surface area (Å²) in [6.07, 6.45) is 0.811. The van der Waals surface area contributed by atoms with Crippen molar-refractivity contribution in [2.24, 2.45) is 5.92 Å². The van der Waals surface area contributed by atoms with E-state index in [0.29, 0.717) is 17.4 Å². The first-order valence-corrected chi connectivity index (χ1v) is 10.6. The Bertz CT molecular complexity index is 1320. The van der Waals surface area contributed by atoms with Crippen LogP contribution in [0.1, 0.15) is 33.0 Å². The van der Waals surface area contributed by atoms with Gasteiger partial charge in [0.05, 0.1) is 34.5 Å². The van der Waals surface area contributed by atoms with Gasteiger partial charge in [-0.3, -0.25) is 25.0 Å². The molecule has 10 nitrogen and oxygen atoms in total. The van der Waals surface area contributed by atoms with E-state index in [0.717, 1.165) is 11.6 Å². The Balaban J connectivity index is 1.75. The number of Topliss-reactive ketones (excluding diaryl/α,β-unsaturated/α-hetero) is 1. The van der Waals surface area contributed by atoms with Gasteiger partial charge in [-0.15, -0.1) is 0 Å². The number of nitro groups is 2. The summed E-state index contributed by atoms with van der Waals surface area (Å²) in [5.74, 6) is -2.41. The monoisotopic (exact) mass is 476 g/mol. The molecule has 0 aromatic heterocycles. The topological polar surface area (TPSA) is 139 Å². The molecule has 0 radical (unpaired) electrons. The summed E-state index contributed by atoms with van der Waals surface area (Å²) in [5.41, 5.74) is 0.750. The first kappa shape index (κ1) is 23.6. The lowest BCUT2D eigenvalue weighted by molar-refractivity contribution is -0.385. The molecular weight excluding hydrogens is 456 g/mol. The molecule has 0 N–H and O–H groups in total. The smallest absolute Gasteiger partial charge is 0.284 e. The van der Waals surface area contributed by atoms with Crippen LogP contribution in [0.2, 0.25) is 0 Å². The molecule has 0 spiro atoms. The molecule has 0 fully saturated rings. The number of methoxy groups -OCH3 is 1. The fourth-order valence-corrected chi connectivity index (χ4v) is 4.31. The molecule has 3 aromatic rings. The van der Waals surface area contributed by atoms with Gasteiger partial charge in [-0.25, -0.2) is 0 Å². The highest BCUT2D eigenvalue weighted by molar-refractivity contribution is 6.06. The molecule has 1 aliphatic carbocycles. The number of non-ortho nitro benzene ring substituents is 1. The number of nitrogens with zero attached hydrogens (tertiary/aromatic N) is 2. The van der Waals surface area contributed by atoms with E-state index in [4.69, 9.17) is 9.47 Å². The molecule has 0 heterocycles. The molecule has 0 saturated heterocycles. The lowest BCUT2D eigenvalue weighted by Gasteiger charge is -2.17. The normalized spacial score (nSPS) is 16.3. The van der Waals surface area contributed by atoms with Gasteiger partial charge in [0, 0.05) is 24.1 Å². The van der Waals surface area contributed by atoms with Crippen LogP contribution in [-0.4, -0.2) is 29.0 Å². The lowest BCUT2D eigenvalue weighted by Crippen LogP contribution is -2.20. The van der Waals surface area contributed by atoms with Gasteiger partial charge in [-0.05, 0) is 23.1 Å². The zero-order valence-electron chi connectivity index (χ0n) is 18.6. The van der Waals surface area contributed by atoms with Crippen molar-refractivity contribution in [3.05, 3.63) is 103 Å². The largest absolute Gasteiger partial charge is 0.493 e. The van der Waals surface area contributed by atoms with E-state index in [9.17, 15) is 29.8 Å². The zero-order valence-corrected chi connectivity index (χ0v) is 18.6. The minimum Gasteiger partial charge on any atom is -0.493 e. The summed E-state index contributed by atoms with van der Waals surface area (Å²) >= 11 is 0. The van der Waals surface area contributed by atoms with E-state index in [1.165, 1.54) is 31.4 Å². The van der Waals surface area contributed by atoms with Gasteiger partial charge >= 0.3 is 0 Å². The maximum Gasteiger partial charge on any atom is 0.284 e. The van der Waals surface area contributed by atoms with Gasteiger partial charge in [0.2, 0.25) is 0 Å². The van der Waals surface area contributed by atoms with E-state index in [1.807, 2.05) is 30.3 Å². The molecule has 2 unspecified atom stereocenters. The predicted octanol–water partition coefficient (Wildman–Crippen LogP) is 4.43. The van der Waals surface area contributed by atoms with Crippen LogP contribution in [0.4, 0.5) is 11.4 Å². The summed E-state index contributed by atoms with van der Waals surface area (Å²) in [6.45, 7) is 0.120. The summed E-state index contributed by atoms with van der Waals surface area (Å²) < 4.78 is 11.1. The van der Waals surface area contributed by atoms with Crippen LogP contribution in [-0.2, 0) is 17.8 Å². The fourth-order valence-electron chi connectivity index (χ4n) is 4.31. The van der Waals surface area contributed by atoms with Crippen LogP contribution < -0.4 is 9.47 Å². The average molecular weight is 476 g/mol. The van der Waals surface area contributed by atoms with Crippen molar-refractivity contribution >= 4 is 23.4 Å². The predicted molar refractivity (Wildman–Crippen MR) is 124 cm³/mol. The van der Waals surface area contributed by atoms with Crippen molar-refractivity contribution in [3.8, 4) is 11.5 Å². The van der Waals surface area contributed by atoms with Crippen molar-refractivity contribution in [2.45, 2.75) is 18.9 Å². The van der Waals surface area contributed by atoms with Gasteiger partial charge < -0.3 is 14.3 Å². The number of nitro benzene ring substituents is 2. The quantitative estimate of drug-likeness (QED) is 0.191. The highest BCUT2D eigenvalue weighted by Crippen LogP contribution is 2.44. The Morgan fingerprint density at radius 2 is 1.77 bits per heavy atom. The molecule has 35 heavy (non-hydrogen) atoms. The Morgan fingerprint density at radius 3 is 2.40 bits per heavy atom. The molecule has 0 bridgehead atoms. The second-order valence-electron chi connectivity index (χ2n) is 8.04. The molecule has 4 rings (SSSR count). The number of hydrogen-bond acceptors (Lipinski definition) is 8. The summed E-state index contributed by atoms with van der Waals surface area (Å²) in [5, 5.41) is 23.2. The summed E-state index contributed by atoms with van der Waals surface area (Å²) in [6, 6.07) is 15.6. The third kappa shape index (κ3) is 4.58. The molecule has 178 valence electrons. The fraction of sp³-hybridized carbons (Fsp3) is 0.200. The molecule has 0 aliphatic heterocycles. The first-order chi connectivity index (χ1) is 16.8. The lowest BCUT2D eigenvalue weighted by atomic mass is 9.85. The number of carbonyl (C=O) groups is 2. The molecule has 0 amide bonds. The van der Waals surface area contributed by atoms with E-state index in [1.54, 1.807) is 0 Å². The number of hydrogen-bond donors (Lipinski definition) is 0. The SMILES string of the molecule is COc1cc(C(=O)C2c3cc([N+](=O)[O-])ccc3CC2C=O)c([N+](=O)[O-])cc1OCc1ccccc1. The van der Waals surface area contributed by atoms with Crippen molar-refractivity contribution in [1.29, 1.82) is 0 Å². The number of fused-ring (bicyclic) bond motifs is 1. The van der Waals surface area contributed by atoms with Crippen LogP contribution in [0.5, 0.6) is 11.5 Å². The molecule has 2 atom stereocenters. The van der Waals surface area contributed by atoms with Crippen molar-refractivity contribution in [3.63, 3.8) is 0 Å². The minimum absolute atomic E-state index is 0.0778. The maximum absolute atomic E-state index is 13.6. The van der Waals surface area contributed by atoms with E-state index < -0.39 is 33.2 Å². The van der Waals surface area contributed by atoms with Crippen LogP contribution in [0.25, 0.3) is 0 Å². The Kier molecular flexibility index (Phi) is 6.54. The van der Waals surface area contributed by atoms with Crippen molar-refractivity contribution in [1.82, 2.24) is 0 Å². The highest BCUT2D eigenvalue weighted by atomic mass is 16.6. The summed E-state index contributed by atoms with van der Waals surface area (Å²) in [4.78, 5) is 47.3. The second kappa shape index (κ2) is 9.72. The molecule has 10 heteroatoms. The first-order valence-electron chi connectivity index (χ1n) is 10.6. The molecule has 1 aliphatic rings. The Hall–Kier alpha value is -4.60. The van der Waals surface area contributed by atoms with Crippen LogP contribution in [0, 0.1) is 26.1 Å². The average Bonchev–Trinajstić information content (AvgIpc) is 3.24. The number of ketones is 1. The van der Waals surface area contributed by atoms with E-state index >= 15 is 0 Å². The maximum atomic E-state index is 13.6. The Morgan fingerprint density at radius 1 is 1.03 bits per heavy atom. The summed E-state index contributed by atoms with van der Waals surface area (Å²) in [7, 11) is 1.34. The van der Waals surface area contributed by atoms with E-state index in [-0.39, 0.29) is 35.8 Å². The highest BCUT2D eigenvalue weighted by Gasteiger charge is 2.41. The van der Waals surface area contributed by atoms with Gasteiger partial charge in [0.1, 0.15) is 12.9 Å². The molecule has 3 aromatic carbocycles. The molecular formula is C25H20N2O8. The third-order valence-electron chi connectivity index (χ3n) is 6.00. The van der Waals surface area contributed by atoms with Crippen LogP contribution in [0.3, 0.4) is 0 Å². The number of carbonyl (C=O) groups excluding carboxylic acids is 2. The van der Waals surface area contributed by atoms with Crippen LogP contribution in [0.15, 0.2) is 60.7 Å². The third-order valence-corrected chi connectivity index (χ3v) is 6.00. The van der Waals surface area contributed by atoms with Gasteiger partial charge in [0.25, 0.3) is 11.4 Å². The number of aldehydes is 1. The number of rotatable bonds is 9. The van der Waals surface area contributed by atoms with Crippen molar-refractivity contribution < 1.29 is 28.9 Å². The minimum atomic E-state index is -1.10. The standard InChI is InChI=1S/C25H20N2O8/c1-34-22-11-20(21(27(32)33)12-23(22)35-14-15-5-3-2-4-6-15)25(29)24-17(13-28)9-16-7-8-18(26(30)31)10-19(16)24/h2-8,10-13,17,24H,9,14H2,1H3. The Labute approximate surface area is 199 Å². The second-order valence-corrected chi connectivity index (χ2v) is 8.04. The number of ether oxygens (including phenoxy) is 2. The van der Waals surface area contributed by atoms with Gasteiger partial charge in [-0.1, -0.05) is 36.4 Å². The van der Waals surface area contributed by atoms with Gasteiger partial charge in [0.15, 0.2) is 17.3 Å². The van der Waals surface area contributed by atoms with Gasteiger partial charge in [-0.2, -0.15) is 0 Å². The number of benzene rings is 3. The zero-order chi connectivity index (χ0) is 25.1. The van der Waals surface area contributed by atoms with Crippen LogP contribution >= 0.6 is 0 Å². The van der Waals surface area contributed by atoms with Crippen molar-refractivity contribution in [2.75, 3.05) is 7.11 Å².